The topological polar surface area (TPSA) is 73.3 Å². The summed E-state index contributed by atoms with van der Waals surface area (Å²) in [5.41, 5.74) is 7.95. The van der Waals surface area contributed by atoms with E-state index in [9.17, 15) is 0 Å². The fourth-order valence-electron chi connectivity index (χ4n) is 4.19. The SMILES string of the molecule is CN/C=C(\C=N)c1ccc(-c2cncc(Cl)c2N2CCC3(CCNO3)CC2)cc1. The lowest BCUT2D eigenvalue weighted by atomic mass is 9.88. The van der Waals surface area contributed by atoms with Gasteiger partial charge in [0.2, 0.25) is 0 Å². The first-order chi connectivity index (χ1) is 14.2. The second-order valence-corrected chi connectivity index (χ2v) is 7.95. The van der Waals surface area contributed by atoms with Gasteiger partial charge in [0.15, 0.2) is 0 Å². The third-order valence-electron chi connectivity index (χ3n) is 5.82. The number of rotatable bonds is 5. The van der Waals surface area contributed by atoms with Crippen LogP contribution in [0.5, 0.6) is 0 Å². The number of piperidine rings is 1. The number of hydroxylamine groups is 1. The predicted octanol–water partition coefficient (Wildman–Crippen LogP) is 3.88. The van der Waals surface area contributed by atoms with E-state index in [0.717, 1.165) is 66.8 Å². The van der Waals surface area contributed by atoms with Gasteiger partial charge in [-0.3, -0.25) is 9.82 Å². The van der Waals surface area contributed by atoms with Gasteiger partial charge < -0.3 is 15.6 Å². The first kappa shape index (κ1) is 19.9. The highest BCUT2D eigenvalue weighted by Gasteiger charge is 2.39. The highest BCUT2D eigenvalue weighted by atomic mass is 35.5. The number of hydrogen-bond acceptors (Lipinski definition) is 6. The van der Waals surface area contributed by atoms with Gasteiger partial charge in [-0.25, -0.2) is 5.48 Å². The van der Waals surface area contributed by atoms with Crippen LogP contribution in [-0.2, 0) is 4.84 Å². The zero-order valence-corrected chi connectivity index (χ0v) is 17.3. The molecule has 6 nitrogen and oxygen atoms in total. The maximum Gasteiger partial charge on any atom is 0.0943 e. The van der Waals surface area contributed by atoms with E-state index in [0.29, 0.717) is 5.02 Å². The fraction of sp³-hybridized carbons (Fsp3) is 0.364. The smallest absolute Gasteiger partial charge is 0.0943 e. The number of hydrogen-bond donors (Lipinski definition) is 3. The van der Waals surface area contributed by atoms with E-state index in [2.05, 4.69) is 32.8 Å². The molecule has 3 N–H and O–H groups in total. The van der Waals surface area contributed by atoms with Gasteiger partial charge in [-0.2, -0.15) is 0 Å². The number of nitrogens with zero attached hydrogens (tertiary/aromatic N) is 2. The third kappa shape index (κ3) is 4.01. The van der Waals surface area contributed by atoms with E-state index in [1.165, 1.54) is 6.21 Å². The Morgan fingerprint density at radius 2 is 2.00 bits per heavy atom. The standard InChI is InChI=1S/C22H26ClN5O/c1-25-13-18(12-24)16-2-4-17(5-3-16)19-14-26-15-20(23)21(19)28-10-7-22(8-11-28)6-9-27-29-22/h2-5,12-15,24-25,27H,6-11H2,1H3/b18-13+,24-12?. The van der Waals surface area contributed by atoms with Gasteiger partial charge >= 0.3 is 0 Å². The largest absolute Gasteiger partial charge is 0.393 e. The Hall–Kier alpha value is -2.41. The first-order valence-corrected chi connectivity index (χ1v) is 10.3. The van der Waals surface area contributed by atoms with Gasteiger partial charge in [0, 0.05) is 62.6 Å². The maximum absolute atomic E-state index is 7.60. The number of anilines is 1. The van der Waals surface area contributed by atoms with Crippen molar-refractivity contribution < 1.29 is 4.84 Å². The normalized spacial score (nSPS) is 18.8. The van der Waals surface area contributed by atoms with E-state index in [1.54, 1.807) is 6.20 Å². The molecule has 152 valence electrons. The summed E-state index contributed by atoms with van der Waals surface area (Å²) < 4.78 is 0. The molecule has 0 atom stereocenters. The van der Waals surface area contributed by atoms with Crippen LogP contribution in [0.3, 0.4) is 0 Å². The summed E-state index contributed by atoms with van der Waals surface area (Å²) in [6.07, 6.45) is 9.79. The summed E-state index contributed by atoms with van der Waals surface area (Å²) >= 11 is 6.61. The predicted molar refractivity (Wildman–Crippen MR) is 118 cm³/mol. The summed E-state index contributed by atoms with van der Waals surface area (Å²) in [6.45, 7) is 2.73. The molecule has 0 unspecified atom stereocenters. The fourth-order valence-corrected chi connectivity index (χ4v) is 4.47. The summed E-state index contributed by atoms with van der Waals surface area (Å²) in [5.74, 6) is 0. The number of pyridine rings is 1. The highest BCUT2D eigenvalue weighted by molar-refractivity contribution is 6.33. The number of aromatic nitrogens is 1. The van der Waals surface area contributed by atoms with Crippen molar-refractivity contribution in [2.45, 2.75) is 24.9 Å². The monoisotopic (exact) mass is 411 g/mol. The average Bonchev–Trinajstić information content (AvgIpc) is 3.21. The molecule has 2 saturated heterocycles. The van der Waals surface area contributed by atoms with Crippen molar-refractivity contribution in [2.24, 2.45) is 0 Å². The molecule has 29 heavy (non-hydrogen) atoms. The molecule has 3 heterocycles. The zero-order valence-electron chi connectivity index (χ0n) is 16.5. The van der Waals surface area contributed by atoms with E-state index in [4.69, 9.17) is 21.8 Å². The van der Waals surface area contributed by atoms with Crippen molar-refractivity contribution in [3.8, 4) is 11.1 Å². The lowest BCUT2D eigenvalue weighted by Gasteiger charge is -2.39. The summed E-state index contributed by atoms with van der Waals surface area (Å²) in [6, 6.07) is 8.18. The third-order valence-corrected chi connectivity index (χ3v) is 6.10. The molecule has 7 heteroatoms. The summed E-state index contributed by atoms with van der Waals surface area (Å²) in [5, 5.41) is 11.3. The first-order valence-electron chi connectivity index (χ1n) is 9.94. The molecule has 2 aliphatic rings. The number of nitrogens with one attached hydrogen (secondary N) is 3. The van der Waals surface area contributed by atoms with Crippen molar-refractivity contribution in [3.63, 3.8) is 0 Å². The van der Waals surface area contributed by atoms with Crippen molar-refractivity contribution in [1.82, 2.24) is 15.8 Å². The van der Waals surface area contributed by atoms with Crippen LogP contribution in [0.15, 0.2) is 42.9 Å². The van der Waals surface area contributed by atoms with Crippen molar-refractivity contribution in [2.75, 3.05) is 31.6 Å². The number of benzene rings is 1. The van der Waals surface area contributed by atoms with Crippen LogP contribution in [0, 0.1) is 5.41 Å². The van der Waals surface area contributed by atoms with Crippen LogP contribution >= 0.6 is 11.6 Å². The van der Waals surface area contributed by atoms with Crippen LogP contribution < -0.4 is 15.7 Å². The lowest BCUT2D eigenvalue weighted by Crippen LogP contribution is -2.45. The Kier molecular flexibility index (Phi) is 5.85. The Bertz CT molecular complexity index is 896. The maximum atomic E-state index is 7.60. The van der Waals surface area contributed by atoms with E-state index >= 15 is 0 Å². The minimum atomic E-state index is -0.0272. The highest BCUT2D eigenvalue weighted by Crippen LogP contribution is 2.40. The van der Waals surface area contributed by atoms with Gasteiger partial charge in [0.05, 0.1) is 16.3 Å². The molecular weight excluding hydrogens is 386 g/mol. The summed E-state index contributed by atoms with van der Waals surface area (Å²) in [4.78, 5) is 12.5. The lowest BCUT2D eigenvalue weighted by molar-refractivity contribution is -0.0666. The molecule has 1 aromatic carbocycles. The molecule has 1 aromatic heterocycles. The molecule has 0 aliphatic carbocycles. The van der Waals surface area contributed by atoms with Crippen LogP contribution in [-0.4, -0.2) is 43.5 Å². The molecule has 0 bridgehead atoms. The molecule has 4 rings (SSSR count). The van der Waals surface area contributed by atoms with E-state index < -0.39 is 0 Å². The molecule has 0 saturated carbocycles. The van der Waals surface area contributed by atoms with Crippen LogP contribution in [0.25, 0.3) is 16.7 Å². The second kappa shape index (κ2) is 8.53. The van der Waals surface area contributed by atoms with Gasteiger partial charge in [0.1, 0.15) is 0 Å². The molecular formula is C22H26ClN5O. The second-order valence-electron chi connectivity index (χ2n) is 7.54. The number of allylic oxidation sites excluding steroid dienone is 1. The average molecular weight is 412 g/mol. The molecule has 2 fully saturated rings. The zero-order chi connectivity index (χ0) is 20.3. The quantitative estimate of drug-likeness (QED) is 0.651. The van der Waals surface area contributed by atoms with E-state index in [-0.39, 0.29) is 5.60 Å². The molecule has 2 aliphatic heterocycles. The van der Waals surface area contributed by atoms with Crippen LogP contribution in [0.2, 0.25) is 5.02 Å². The Balaban J connectivity index is 1.61. The molecule has 1 spiro atoms. The minimum absolute atomic E-state index is 0.0272. The van der Waals surface area contributed by atoms with Crippen LogP contribution in [0.1, 0.15) is 24.8 Å². The Morgan fingerprint density at radius 1 is 1.24 bits per heavy atom. The molecule has 0 radical (unpaired) electrons. The Labute approximate surface area is 176 Å². The van der Waals surface area contributed by atoms with Gasteiger partial charge in [-0.1, -0.05) is 35.9 Å². The minimum Gasteiger partial charge on any atom is -0.393 e. The van der Waals surface area contributed by atoms with Gasteiger partial charge in [0.25, 0.3) is 0 Å². The van der Waals surface area contributed by atoms with Crippen molar-refractivity contribution in [1.29, 1.82) is 5.41 Å². The molecule has 2 aromatic rings. The summed E-state index contributed by atoms with van der Waals surface area (Å²) in [7, 11) is 1.83. The Morgan fingerprint density at radius 3 is 2.62 bits per heavy atom. The van der Waals surface area contributed by atoms with E-state index in [1.807, 2.05) is 31.6 Å². The van der Waals surface area contributed by atoms with Gasteiger partial charge in [-0.15, -0.1) is 0 Å². The van der Waals surface area contributed by atoms with Crippen molar-refractivity contribution >= 4 is 29.1 Å². The molecule has 0 amide bonds. The van der Waals surface area contributed by atoms with Gasteiger partial charge in [-0.05, 0) is 30.4 Å². The van der Waals surface area contributed by atoms with Crippen LogP contribution in [0.4, 0.5) is 5.69 Å². The van der Waals surface area contributed by atoms with Crippen molar-refractivity contribution in [3.05, 3.63) is 53.4 Å². The number of halogens is 1.